The molecule has 0 spiro atoms. The Hall–Kier alpha value is -1.24. The molecule has 3 aliphatic rings. The lowest BCUT2D eigenvalue weighted by Crippen LogP contribution is -2.50. The number of thiophene rings is 1. The van der Waals surface area contributed by atoms with Crippen LogP contribution in [-0.4, -0.2) is 51.3 Å². The second-order valence-corrected chi connectivity index (χ2v) is 9.57. The predicted octanol–water partition coefficient (Wildman–Crippen LogP) is 3.75. The summed E-state index contributed by atoms with van der Waals surface area (Å²) < 4.78 is 0. The van der Waals surface area contributed by atoms with Crippen LogP contribution in [0.15, 0.2) is 6.33 Å². The van der Waals surface area contributed by atoms with Gasteiger partial charge in [-0.05, 0) is 56.9 Å². The summed E-state index contributed by atoms with van der Waals surface area (Å²) in [6.45, 7) is 2.16. The van der Waals surface area contributed by atoms with Crippen LogP contribution >= 0.6 is 11.3 Å². The maximum Gasteiger partial charge on any atom is 0.138 e. The van der Waals surface area contributed by atoms with E-state index in [9.17, 15) is 5.11 Å². The summed E-state index contributed by atoms with van der Waals surface area (Å²) in [5.41, 5.74) is 1.51. The fraction of sp³-hybridized carbons (Fsp3) is 0.714. The van der Waals surface area contributed by atoms with E-state index < -0.39 is 0 Å². The first-order valence-corrected chi connectivity index (χ1v) is 11.5. The maximum absolute atomic E-state index is 10.4. The summed E-state index contributed by atoms with van der Waals surface area (Å²) in [6, 6.07) is 0.855. The van der Waals surface area contributed by atoms with Gasteiger partial charge in [0.25, 0.3) is 0 Å². The Bertz CT molecular complexity index is 799. The van der Waals surface area contributed by atoms with Gasteiger partial charge in [0, 0.05) is 30.1 Å². The highest BCUT2D eigenvalue weighted by atomic mass is 32.1. The molecule has 2 aromatic rings. The molecule has 0 bridgehead atoms. The zero-order valence-electron chi connectivity index (χ0n) is 16.0. The fourth-order valence-corrected chi connectivity index (χ4v) is 6.51. The quantitative estimate of drug-likeness (QED) is 0.841. The molecule has 5 rings (SSSR count). The number of anilines is 1. The number of aliphatic hydroxyl groups is 1. The van der Waals surface area contributed by atoms with Crippen LogP contribution in [0.25, 0.3) is 10.2 Å². The second kappa shape index (κ2) is 7.64. The minimum absolute atomic E-state index is 0.123. The van der Waals surface area contributed by atoms with Crippen LogP contribution in [0.3, 0.4) is 0 Å². The van der Waals surface area contributed by atoms with E-state index in [1.54, 1.807) is 6.33 Å². The third kappa shape index (κ3) is 3.47. The number of rotatable bonds is 3. The molecule has 6 heteroatoms. The fourth-order valence-electron chi connectivity index (χ4n) is 5.29. The van der Waals surface area contributed by atoms with Gasteiger partial charge in [0.2, 0.25) is 0 Å². The summed E-state index contributed by atoms with van der Waals surface area (Å²) in [5.74, 6) is 1.05. The second-order valence-electron chi connectivity index (χ2n) is 8.49. The van der Waals surface area contributed by atoms with E-state index in [-0.39, 0.29) is 6.10 Å². The van der Waals surface area contributed by atoms with Gasteiger partial charge in [-0.1, -0.05) is 12.8 Å². The molecule has 0 aromatic carbocycles. The predicted molar refractivity (Wildman–Crippen MR) is 111 cm³/mol. The summed E-state index contributed by atoms with van der Waals surface area (Å²) in [7, 11) is 0. The van der Waals surface area contributed by atoms with Crippen molar-refractivity contribution in [1.29, 1.82) is 0 Å². The number of piperidine rings is 1. The average molecular weight is 387 g/mol. The van der Waals surface area contributed by atoms with Gasteiger partial charge in [0.15, 0.2) is 0 Å². The lowest BCUT2D eigenvalue weighted by Gasteiger charge is -2.41. The molecule has 0 radical (unpaired) electrons. The van der Waals surface area contributed by atoms with Crippen LogP contribution < -0.4 is 5.32 Å². The number of hydrogen-bond donors (Lipinski definition) is 2. The number of aliphatic hydroxyl groups excluding tert-OH is 1. The van der Waals surface area contributed by atoms with Gasteiger partial charge in [-0.3, -0.25) is 4.90 Å². The van der Waals surface area contributed by atoms with Crippen LogP contribution in [0.2, 0.25) is 0 Å². The summed E-state index contributed by atoms with van der Waals surface area (Å²) >= 11 is 1.87. The molecular weight excluding hydrogens is 356 g/mol. The normalized spacial score (nSPS) is 27.6. The van der Waals surface area contributed by atoms with Gasteiger partial charge >= 0.3 is 0 Å². The molecule has 5 nitrogen and oxygen atoms in total. The van der Waals surface area contributed by atoms with Gasteiger partial charge < -0.3 is 10.4 Å². The smallest absolute Gasteiger partial charge is 0.138 e. The number of aromatic nitrogens is 2. The minimum atomic E-state index is -0.123. The molecule has 1 saturated heterocycles. The van der Waals surface area contributed by atoms with Crippen molar-refractivity contribution in [2.45, 2.75) is 82.4 Å². The molecule has 2 N–H and O–H groups in total. The zero-order valence-corrected chi connectivity index (χ0v) is 16.8. The van der Waals surface area contributed by atoms with Crippen molar-refractivity contribution in [3.8, 4) is 0 Å². The van der Waals surface area contributed by atoms with E-state index in [2.05, 4.69) is 20.2 Å². The largest absolute Gasteiger partial charge is 0.391 e. The number of aryl methyl sites for hydroxylation is 2. The Labute approximate surface area is 165 Å². The average Bonchev–Trinajstić information content (AvgIpc) is 3.09. The molecule has 2 aromatic heterocycles. The van der Waals surface area contributed by atoms with E-state index in [1.165, 1.54) is 54.4 Å². The first-order chi connectivity index (χ1) is 13.3. The highest BCUT2D eigenvalue weighted by molar-refractivity contribution is 7.19. The zero-order chi connectivity index (χ0) is 18.2. The standard InChI is InChI=1S/C21H30N4OS/c26-17-7-3-2-6-16(17)25-11-9-14(10-12-25)24-20-19-15-5-1-4-8-18(15)27-21(19)23-13-22-20/h13-14,16-17,26H,1-12H2,(H,22,23,24). The lowest BCUT2D eigenvalue weighted by atomic mass is 9.89. The van der Waals surface area contributed by atoms with E-state index in [1.807, 2.05) is 11.3 Å². The number of fused-ring (bicyclic) bond motifs is 3. The van der Waals surface area contributed by atoms with E-state index >= 15 is 0 Å². The molecule has 1 aliphatic heterocycles. The Morgan fingerprint density at radius 2 is 1.81 bits per heavy atom. The molecule has 3 heterocycles. The molecule has 1 saturated carbocycles. The molecule has 2 aliphatic carbocycles. The number of likely N-dealkylation sites (tertiary alicyclic amines) is 1. The van der Waals surface area contributed by atoms with Crippen LogP contribution in [-0.2, 0) is 12.8 Å². The van der Waals surface area contributed by atoms with E-state index in [4.69, 9.17) is 0 Å². The van der Waals surface area contributed by atoms with Crippen molar-refractivity contribution >= 4 is 27.4 Å². The third-order valence-corrected chi connectivity index (χ3v) is 7.98. The molecule has 27 heavy (non-hydrogen) atoms. The Morgan fingerprint density at radius 3 is 2.67 bits per heavy atom. The number of nitrogens with zero attached hydrogens (tertiary/aromatic N) is 3. The van der Waals surface area contributed by atoms with Crippen LogP contribution in [0, 0.1) is 0 Å². The summed E-state index contributed by atoms with van der Waals surface area (Å²) in [6.07, 6.45) is 13.4. The van der Waals surface area contributed by atoms with Gasteiger partial charge in [0.1, 0.15) is 17.0 Å². The molecule has 146 valence electrons. The van der Waals surface area contributed by atoms with Gasteiger partial charge in [-0.25, -0.2) is 9.97 Å². The van der Waals surface area contributed by atoms with Crippen molar-refractivity contribution in [1.82, 2.24) is 14.9 Å². The van der Waals surface area contributed by atoms with E-state index in [0.29, 0.717) is 12.1 Å². The van der Waals surface area contributed by atoms with Gasteiger partial charge in [-0.15, -0.1) is 11.3 Å². The summed E-state index contributed by atoms with van der Waals surface area (Å²) in [4.78, 5) is 14.4. The highest BCUT2D eigenvalue weighted by Gasteiger charge is 2.31. The van der Waals surface area contributed by atoms with Crippen LogP contribution in [0.5, 0.6) is 0 Å². The van der Waals surface area contributed by atoms with Crippen molar-refractivity contribution < 1.29 is 5.11 Å². The Balaban J connectivity index is 1.29. The van der Waals surface area contributed by atoms with Crippen LogP contribution in [0.1, 0.15) is 61.8 Å². The Kier molecular flexibility index (Phi) is 5.05. The molecule has 2 atom stereocenters. The molecule has 0 amide bonds. The topological polar surface area (TPSA) is 61.3 Å². The molecular formula is C21H30N4OS. The van der Waals surface area contributed by atoms with Gasteiger partial charge in [-0.2, -0.15) is 0 Å². The van der Waals surface area contributed by atoms with Crippen molar-refractivity contribution in [2.75, 3.05) is 18.4 Å². The number of nitrogens with one attached hydrogen (secondary N) is 1. The SMILES string of the molecule is OC1CCCCC1N1CCC(Nc2ncnc3sc4c(c23)CCCC4)CC1. The first-order valence-electron chi connectivity index (χ1n) is 10.7. The minimum Gasteiger partial charge on any atom is -0.391 e. The van der Waals surface area contributed by atoms with Crippen LogP contribution in [0.4, 0.5) is 5.82 Å². The highest BCUT2D eigenvalue weighted by Crippen LogP contribution is 2.38. The summed E-state index contributed by atoms with van der Waals surface area (Å²) in [5, 5.41) is 15.4. The van der Waals surface area contributed by atoms with E-state index in [0.717, 1.165) is 49.4 Å². The molecule has 2 fully saturated rings. The monoisotopic (exact) mass is 386 g/mol. The van der Waals surface area contributed by atoms with Crippen molar-refractivity contribution in [2.24, 2.45) is 0 Å². The third-order valence-electron chi connectivity index (χ3n) is 6.78. The van der Waals surface area contributed by atoms with Crippen molar-refractivity contribution in [3.05, 3.63) is 16.8 Å². The first kappa shape index (κ1) is 17.8. The maximum atomic E-state index is 10.4. The van der Waals surface area contributed by atoms with Crippen molar-refractivity contribution in [3.63, 3.8) is 0 Å². The molecule has 2 unspecified atom stereocenters. The number of hydrogen-bond acceptors (Lipinski definition) is 6. The Morgan fingerprint density at radius 1 is 1.00 bits per heavy atom. The lowest BCUT2D eigenvalue weighted by molar-refractivity contribution is 0.00993. The van der Waals surface area contributed by atoms with Gasteiger partial charge in [0.05, 0.1) is 11.5 Å².